The molecule has 26 heavy (non-hydrogen) atoms. The second kappa shape index (κ2) is 6.76. The van der Waals surface area contributed by atoms with Crippen LogP contribution in [0.3, 0.4) is 0 Å². The Bertz CT molecular complexity index is 796. The zero-order valence-corrected chi connectivity index (χ0v) is 16.0. The molecule has 1 saturated heterocycles. The number of carbonyl (C=O) groups excluding carboxylic acids is 1. The first-order valence-electron chi connectivity index (χ1n) is 9.48. The van der Waals surface area contributed by atoms with Gasteiger partial charge in [0.25, 0.3) is 0 Å². The minimum absolute atomic E-state index is 0.110. The van der Waals surface area contributed by atoms with Crippen LogP contribution in [0.1, 0.15) is 37.7 Å². The summed E-state index contributed by atoms with van der Waals surface area (Å²) in [5, 5.41) is -0.495. The lowest BCUT2D eigenvalue weighted by atomic mass is 10.0. The normalized spacial score (nSPS) is 21.4. The number of amides is 1. The maximum atomic E-state index is 13.2. The highest BCUT2D eigenvalue weighted by Gasteiger charge is 2.45. The summed E-state index contributed by atoms with van der Waals surface area (Å²) in [6.07, 6.45) is 5.81. The highest BCUT2D eigenvalue weighted by atomic mass is 32.2. The third kappa shape index (κ3) is 2.96. The second-order valence-electron chi connectivity index (χ2n) is 7.56. The number of hydrogen-bond donors (Lipinski definition) is 0. The monoisotopic (exact) mass is 378 g/mol. The molecule has 1 aliphatic carbocycles. The summed E-state index contributed by atoms with van der Waals surface area (Å²) in [4.78, 5) is 14.2. The van der Waals surface area contributed by atoms with Gasteiger partial charge in [0.05, 0.1) is 12.8 Å². The molecule has 1 aromatic rings. The summed E-state index contributed by atoms with van der Waals surface area (Å²) >= 11 is 0. The van der Waals surface area contributed by atoms with Crippen LogP contribution in [-0.4, -0.2) is 51.2 Å². The van der Waals surface area contributed by atoms with E-state index in [1.165, 1.54) is 4.31 Å². The summed E-state index contributed by atoms with van der Waals surface area (Å²) in [6.45, 7) is 1.15. The zero-order chi connectivity index (χ0) is 18.3. The largest absolute Gasteiger partial charge is 0.497 e. The molecule has 2 fully saturated rings. The molecule has 0 spiro atoms. The van der Waals surface area contributed by atoms with Crippen molar-refractivity contribution in [1.29, 1.82) is 0 Å². The van der Waals surface area contributed by atoms with E-state index in [-0.39, 0.29) is 11.8 Å². The number of sulfonamides is 1. The van der Waals surface area contributed by atoms with Crippen LogP contribution in [0, 0.1) is 5.92 Å². The molecular weight excluding hydrogens is 352 g/mol. The van der Waals surface area contributed by atoms with Crippen molar-refractivity contribution in [1.82, 2.24) is 4.90 Å². The molecule has 0 atom stereocenters. The lowest BCUT2D eigenvalue weighted by Gasteiger charge is -2.43. The van der Waals surface area contributed by atoms with E-state index < -0.39 is 15.3 Å². The van der Waals surface area contributed by atoms with Crippen LogP contribution in [-0.2, 0) is 21.2 Å². The molecule has 0 radical (unpaired) electrons. The van der Waals surface area contributed by atoms with E-state index >= 15 is 0 Å². The van der Waals surface area contributed by atoms with Gasteiger partial charge >= 0.3 is 0 Å². The lowest BCUT2D eigenvalue weighted by molar-refractivity contribution is -0.138. The van der Waals surface area contributed by atoms with Gasteiger partial charge in [0, 0.05) is 31.6 Å². The Hall–Kier alpha value is -1.76. The average Bonchev–Trinajstić information content (AvgIpc) is 3.13. The number of benzene rings is 1. The number of methoxy groups -OCH3 is 1. The summed E-state index contributed by atoms with van der Waals surface area (Å²) in [6, 6.07) is 5.64. The van der Waals surface area contributed by atoms with Crippen molar-refractivity contribution in [3.8, 4) is 5.75 Å². The Balaban J connectivity index is 1.49. The molecule has 1 amide bonds. The van der Waals surface area contributed by atoms with E-state index in [2.05, 4.69) is 0 Å². The van der Waals surface area contributed by atoms with E-state index in [9.17, 15) is 13.2 Å². The molecule has 0 N–H and O–H groups in total. The fraction of sp³-hybridized carbons (Fsp3) is 0.632. The molecule has 1 saturated carbocycles. The van der Waals surface area contributed by atoms with Crippen LogP contribution >= 0.6 is 0 Å². The number of ether oxygens (including phenoxy) is 1. The van der Waals surface area contributed by atoms with Gasteiger partial charge < -0.3 is 9.64 Å². The van der Waals surface area contributed by atoms with Crippen molar-refractivity contribution < 1.29 is 17.9 Å². The molecule has 0 unspecified atom stereocenters. The lowest BCUT2D eigenvalue weighted by Crippen LogP contribution is -2.61. The van der Waals surface area contributed by atoms with Crippen LogP contribution in [0.4, 0.5) is 5.69 Å². The van der Waals surface area contributed by atoms with Crippen molar-refractivity contribution in [2.45, 2.75) is 43.8 Å². The van der Waals surface area contributed by atoms with Gasteiger partial charge in [0.1, 0.15) is 11.0 Å². The molecule has 0 bridgehead atoms. The van der Waals surface area contributed by atoms with Crippen molar-refractivity contribution in [2.75, 3.05) is 31.0 Å². The minimum Gasteiger partial charge on any atom is -0.497 e. The van der Waals surface area contributed by atoms with Gasteiger partial charge in [-0.25, -0.2) is 8.42 Å². The highest BCUT2D eigenvalue weighted by molar-refractivity contribution is 7.93. The standard InChI is InChI=1S/C19H26N2O4S/c1-25-16-9-8-14-7-4-10-21(18(14)11-16)26(23,24)17-12-20(13-17)19(22)15-5-2-3-6-15/h8-9,11,15,17H,2-7,10,12-13H2,1H3. The number of anilines is 1. The van der Waals surface area contributed by atoms with Crippen molar-refractivity contribution in [3.05, 3.63) is 23.8 Å². The predicted molar refractivity (Wildman–Crippen MR) is 99.9 cm³/mol. The number of carbonyl (C=O) groups is 1. The van der Waals surface area contributed by atoms with Crippen molar-refractivity contribution in [3.63, 3.8) is 0 Å². The van der Waals surface area contributed by atoms with Crippen LogP contribution in [0.2, 0.25) is 0 Å². The van der Waals surface area contributed by atoms with Gasteiger partial charge in [-0.15, -0.1) is 0 Å². The second-order valence-corrected chi connectivity index (χ2v) is 9.70. The van der Waals surface area contributed by atoms with E-state index in [0.717, 1.165) is 49.8 Å². The first-order valence-corrected chi connectivity index (χ1v) is 11.0. The molecular formula is C19H26N2O4S. The van der Waals surface area contributed by atoms with E-state index in [0.29, 0.717) is 25.4 Å². The SMILES string of the molecule is COc1ccc2c(c1)N(S(=O)(=O)C1CN(C(=O)C3CCCC3)C1)CCC2. The van der Waals surface area contributed by atoms with Gasteiger partial charge in [0.2, 0.25) is 15.9 Å². The number of aryl methyl sites for hydroxylation is 1. The first kappa shape index (κ1) is 17.6. The maximum absolute atomic E-state index is 13.2. The Morgan fingerprint density at radius 1 is 1.15 bits per heavy atom. The van der Waals surface area contributed by atoms with E-state index in [1.54, 1.807) is 12.0 Å². The van der Waals surface area contributed by atoms with Gasteiger partial charge in [0.15, 0.2) is 0 Å². The number of rotatable bonds is 4. The third-order valence-electron chi connectivity index (χ3n) is 5.96. The maximum Gasteiger partial charge on any atom is 0.241 e. The Labute approximate surface area is 155 Å². The van der Waals surface area contributed by atoms with E-state index in [4.69, 9.17) is 4.74 Å². The summed E-state index contributed by atoms with van der Waals surface area (Å²) in [7, 11) is -1.88. The zero-order valence-electron chi connectivity index (χ0n) is 15.2. The van der Waals surface area contributed by atoms with Gasteiger partial charge in [-0.1, -0.05) is 18.9 Å². The topological polar surface area (TPSA) is 66.9 Å². The quantitative estimate of drug-likeness (QED) is 0.805. The van der Waals surface area contributed by atoms with Crippen LogP contribution in [0.15, 0.2) is 18.2 Å². The average molecular weight is 378 g/mol. The Morgan fingerprint density at radius 2 is 1.88 bits per heavy atom. The smallest absolute Gasteiger partial charge is 0.241 e. The summed E-state index contributed by atoms with van der Waals surface area (Å²) in [5.74, 6) is 0.922. The molecule has 2 aliphatic heterocycles. The number of likely N-dealkylation sites (tertiary alicyclic amines) is 1. The Morgan fingerprint density at radius 3 is 2.58 bits per heavy atom. The molecule has 0 aromatic heterocycles. The molecule has 2 heterocycles. The fourth-order valence-electron chi connectivity index (χ4n) is 4.33. The summed E-state index contributed by atoms with van der Waals surface area (Å²) in [5.41, 5.74) is 1.77. The third-order valence-corrected chi connectivity index (χ3v) is 8.10. The molecule has 3 aliphatic rings. The van der Waals surface area contributed by atoms with Gasteiger partial charge in [-0.3, -0.25) is 9.10 Å². The molecule has 142 valence electrons. The van der Waals surface area contributed by atoms with E-state index in [1.807, 2.05) is 18.2 Å². The molecule has 1 aromatic carbocycles. The first-order chi connectivity index (χ1) is 12.5. The van der Waals surface area contributed by atoms with Crippen molar-refractivity contribution in [2.24, 2.45) is 5.92 Å². The fourth-order valence-corrected chi connectivity index (χ4v) is 6.25. The number of nitrogens with zero attached hydrogens (tertiary/aromatic N) is 2. The number of hydrogen-bond acceptors (Lipinski definition) is 4. The highest BCUT2D eigenvalue weighted by Crippen LogP contribution is 2.36. The van der Waals surface area contributed by atoms with Crippen molar-refractivity contribution >= 4 is 21.6 Å². The molecule has 6 nitrogen and oxygen atoms in total. The number of fused-ring (bicyclic) bond motifs is 1. The van der Waals surface area contributed by atoms with Crippen LogP contribution < -0.4 is 9.04 Å². The van der Waals surface area contributed by atoms with Crippen LogP contribution in [0.5, 0.6) is 5.75 Å². The molecule has 7 heteroatoms. The Kier molecular flexibility index (Phi) is 4.59. The minimum atomic E-state index is -3.47. The predicted octanol–water partition coefficient (Wildman–Crippen LogP) is 2.18. The van der Waals surface area contributed by atoms with Gasteiger partial charge in [-0.2, -0.15) is 0 Å². The van der Waals surface area contributed by atoms with Gasteiger partial charge in [-0.05, 0) is 37.3 Å². The van der Waals surface area contributed by atoms with Crippen LogP contribution in [0.25, 0.3) is 0 Å². The molecule has 4 rings (SSSR count). The summed E-state index contributed by atoms with van der Waals surface area (Å²) < 4.78 is 33.1.